The van der Waals surface area contributed by atoms with Crippen LogP contribution in [0.2, 0.25) is 0 Å². The van der Waals surface area contributed by atoms with Gasteiger partial charge in [-0.1, -0.05) is 31.3 Å². The molecule has 11 heteroatoms. The number of aromatic nitrogens is 2. The fraction of sp³-hybridized carbons (Fsp3) is 0.579. The van der Waals surface area contributed by atoms with Gasteiger partial charge in [-0.3, -0.25) is 0 Å². The Labute approximate surface area is 171 Å². The molecule has 168 valence electrons. The lowest BCUT2D eigenvalue weighted by atomic mass is 10.2. The Hall–Kier alpha value is -2.53. The normalized spacial score (nSPS) is 11.6. The lowest BCUT2D eigenvalue weighted by Gasteiger charge is -2.08. The molecule has 0 saturated carbocycles. The van der Waals surface area contributed by atoms with Gasteiger partial charge in [-0.05, 0) is 30.7 Å². The Morgan fingerprint density at radius 1 is 0.967 bits per heavy atom. The third-order valence-electron chi connectivity index (χ3n) is 3.81. The maximum Gasteiger partial charge on any atom is 0.573 e. The second-order valence-electron chi connectivity index (χ2n) is 6.22. The van der Waals surface area contributed by atoms with Gasteiger partial charge in [0.05, 0.1) is 25.5 Å². The summed E-state index contributed by atoms with van der Waals surface area (Å²) in [4.78, 5) is 11.9. The third kappa shape index (κ3) is 8.87. The van der Waals surface area contributed by atoms with Gasteiger partial charge in [0.25, 0.3) is 0 Å². The molecule has 0 radical (unpaired) electrons. The minimum atomic E-state index is -4.80. The molecule has 0 aliphatic rings. The summed E-state index contributed by atoms with van der Waals surface area (Å²) >= 11 is 0. The first-order chi connectivity index (χ1) is 14.4. The average Bonchev–Trinajstić information content (AvgIpc) is 3.06. The predicted octanol–water partition coefficient (Wildman–Crippen LogP) is 3.72. The van der Waals surface area contributed by atoms with Crippen molar-refractivity contribution in [2.24, 2.45) is 0 Å². The molecular weight excluding hydrogens is 409 g/mol. The summed E-state index contributed by atoms with van der Waals surface area (Å²) in [6, 6.07) is 4.59. The molecule has 1 heterocycles. The lowest BCUT2D eigenvalue weighted by molar-refractivity contribution is -0.274. The molecule has 8 nitrogen and oxygen atoms in total. The minimum Gasteiger partial charge on any atom is -0.447 e. The molecule has 0 atom stereocenters. The number of hydrogen-bond donors (Lipinski definition) is 0. The topological polar surface area (TPSA) is 85.0 Å². The Bertz CT molecular complexity index is 789. The van der Waals surface area contributed by atoms with Crippen molar-refractivity contribution < 1.29 is 36.5 Å². The Kier molecular flexibility index (Phi) is 9.68. The fourth-order valence-corrected chi connectivity index (χ4v) is 2.41. The SMILES string of the molecule is CCCCCCOCCOCCOc1nn(-c2ccc(OC(F)(F)F)cc2)c(=O)o1. The van der Waals surface area contributed by atoms with Crippen LogP contribution in [-0.4, -0.2) is 49.2 Å². The first-order valence-electron chi connectivity index (χ1n) is 9.63. The molecule has 2 rings (SSSR count). The van der Waals surface area contributed by atoms with Gasteiger partial charge in [-0.25, -0.2) is 4.79 Å². The van der Waals surface area contributed by atoms with E-state index in [0.29, 0.717) is 19.8 Å². The Morgan fingerprint density at radius 3 is 2.30 bits per heavy atom. The second-order valence-corrected chi connectivity index (χ2v) is 6.22. The largest absolute Gasteiger partial charge is 0.573 e. The van der Waals surface area contributed by atoms with Crippen LogP contribution in [0, 0.1) is 0 Å². The van der Waals surface area contributed by atoms with Crippen LogP contribution in [0.3, 0.4) is 0 Å². The predicted molar refractivity (Wildman–Crippen MR) is 100 cm³/mol. The molecule has 0 saturated heterocycles. The summed E-state index contributed by atoms with van der Waals surface area (Å²) in [5.74, 6) is -1.26. The van der Waals surface area contributed by atoms with Crippen molar-refractivity contribution in [1.29, 1.82) is 0 Å². The molecule has 0 aliphatic heterocycles. The maximum atomic E-state index is 12.2. The number of rotatable bonds is 14. The number of unbranched alkanes of at least 4 members (excludes halogenated alkanes) is 3. The number of alkyl halides is 3. The first-order valence-corrected chi connectivity index (χ1v) is 9.63. The van der Waals surface area contributed by atoms with Crippen molar-refractivity contribution in [3.05, 3.63) is 34.8 Å². The van der Waals surface area contributed by atoms with E-state index in [9.17, 15) is 18.0 Å². The van der Waals surface area contributed by atoms with Crippen molar-refractivity contribution in [3.8, 4) is 17.5 Å². The van der Waals surface area contributed by atoms with Crippen LogP contribution in [0.5, 0.6) is 11.8 Å². The van der Waals surface area contributed by atoms with E-state index in [1.54, 1.807) is 0 Å². The number of nitrogens with zero attached hydrogens (tertiary/aromatic N) is 2. The highest BCUT2D eigenvalue weighted by molar-refractivity contribution is 5.36. The lowest BCUT2D eigenvalue weighted by Crippen LogP contribution is -2.17. The fourth-order valence-electron chi connectivity index (χ4n) is 2.41. The van der Waals surface area contributed by atoms with E-state index in [0.717, 1.165) is 29.7 Å². The van der Waals surface area contributed by atoms with Gasteiger partial charge < -0.3 is 23.4 Å². The zero-order chi connectivity index (χ0) is 21.8. The molecule has 0 fully saturated rings. The maximum absolute atomic E-state index is 12.2. The zero-order valence-electron chi connectivity index (χ0n) is 16.7. The van der Waals surface area contributed by atoms with Crippen LogP contribution < -0.4 is 15.2 Å². The van der Waals surface area contributed by atoms with Crippen molar-refractivity contribution in [1.82, 2.24) is 9.78 Å². The summed E-state index contributed by atoms with van der Waals surface area (Å²) in [6.45, 7) is 4.13. The highest BCUT2D eigenvalue weighted by atomic mass is 19.4. The van der Waals surface area contributed by atoms with Gasteiger partial charge in [0.1, 0.15) is 12.4 Å². The van der Waals surface area contributed by atoms with Crippen LogP contribution in [0.25, 0.3) is 5.69 Å². The molecule has 0 N–H and O–H groups in total. The van der Waals surface area contributed by atoms with Gasteiger partial charge in [0.2, 0.25) is 0 Å². The van der Waals surface area contributed by atoms with Crippen LogP contribution in [0.4, 0.5) is 13.2 Å². The Balaban J connectivity index is 1.68. The molecule has 0 unspecified atom stereocenters. The van der Waals surface area contributed by atoms with Crippen LogP contribution in [0.15, 0.2) is 33.5 Å². The van der Waals surface area contributed by atoms with E-state index in [1.807, 2.05) is 0 Å². The summed E-state index contributed by atoms with van der Waals surface area (Å²) in [7, 11) is 0. The third-order valence-corrected chi connectivity index (χ3v) is 3.81. The first kappa shape index (κ1) is 23.7. The van der Waals surface area contributed by atoms with E-state index in [4.69, 9.17) is 18.6 Å². The van der Waals surface area contributed by atoms with Crippen LogP contribution >= 0.6 is 0 Å². The highest BCUT2D eigenvalue weighted by Crippen LogP contribution is 2.23. The quantitative estimate of drug-likeness (QED) is 0.419. The highest BCUT2D eigenvalue weighted by Gasteiger charge is 2.31. The monoisotopic (exact) mass is 434 g/mol. The van der Waals surface area contributed by atoms with E-state index < -0.39 is 17.9 Å². The van der Waals surface area contributed by atoms with Crippen molar-refractivity contribution >= 4 is 0 Å². The number of benzene rings is 1. The molecule has 0 spiro atoms. The number of ether oxygens (including phenoxy) is 4. The molecule has 0 bridgehead atoms. The van der Waals surface area contributed by atoms with Gasteiger partial charge in [0.15, 0.2) is 0 Å². The molecule has 30 heavy (non-hydrogen) atoms. The molecule has 2 aromatic rings. The summed E-state index contributed by atoms with van der Waals surface area (Å²) in [6.07, 6.45) is -0.473. The smallest absolute Gasteiger partial charge is 0.447 e. The second kappa shape index (κ2) is 12.2. The minimum absolute atomic E-state index is 0.106. The van der Waals surface area contributed by atoms with E-state index in [-0.39, 0.29) is 25.0 Å². The Morgan fingerprint density at radius 2 is 1.63 bits per heavy atom. The van der Waals surface area contributed by atoms with Crippen LogP contribution in [-0.2, 0) is 9.47 Å². The van der Waals surface area contributed by atoms with E-state index in [1.165, 1.54) is 25.0 Å². The molecule has 0 amide bonds. The zero-order valence-corrected chi connectivity index (χ0v) is 16.7. The molecule has 0 aliphatic carbocycles. The van der Waals surface area contributed by atoms with Gasteiger partial charge in [-0.15, -0.1) is 13.2 Å². The molecule has 1 aromatic heterocycles. The van der Waals surface area contributed by atoms with Gasteiger partial charge in [-0.2, -0.15) is 4.68 Å². The van der Waals surface area contributed by atoms with E-state index in [2.05, 4.69) is 16.8 Å². The summed E-state index contributed by atoms with van der Waals surface area (Å²) in [5, 5.41) is 3.84. The van der Waals surface area contributed by atoms with Crippen molar-refractivity contribution in [2.75, 3.05) is 33.0 Å². The standard InChI is InChI=1S/C19H25F3N2O6/c1-2-3-4-5-10-26-11-12-27-13-14-28-17-23-24(18(25)29-17)15-6-8-16(9-7-15)30-19(20,21)22/h6-9H,2-5,10-14H2,1H3. The summed E-state index contributed by atoms with van der Waals surface area (Å²) in [5.41, 5.74) is 0.195. The van der Waals surface area contributed by atoms with Crippen molar-refractivity contribution in [3.63, 3.8) is 0 Å². The van der Waals surface area contributed by atoms with Crippen molar-refractivity contribution in [2.45, 2.75) is 39.0 Å². The number of hydrogen-bond acceptors (Lipinski definition) is 7. The molecular formula is C19H25F3N2O6. The van der Waals surface area contributed by atoms with Gasteiger partial charge >= 0.3 is 18.2 Å². The number of halogens is 3. The van der Waals surface area contributed by atoms with E-state index >= 15 is 0 Å². The van der Waals surface area contributed by atoms with Crippen LogP contribution in [0.1, 0.15) is 32.6 Å². The summed E-state index contributed by atoms with van der Waals surface area (Å²) < 4.78 is 62.0. The average molecular weight is 434 g/mol. The molecule has 1 aromatic carbocycles. The van der Waals surface area contributed by atoms with Gasteiger partial charge in [0, 0.05) is 6.61 Å².